The fraction of sp³-hybridized carbons (Fsp3) is 0.318. The number of ether oxygens (including phenoxy) is 1. The van der Waals surface area contributed by atoms with Crippen LogP contribution in [-0.2, 0) is 6.54 Å². The average molecular weight is 394 g/mol. The number of hydrogen-bond acceptors (Lipinski definition) is 6. The molecule has 0 aromatic heterocycles. The van der Waals surface area contributed by atoms with Gasteiger partial charge in [0.1, 0.15) is 11.5 Å². The van der Waals surface area contributed by atoms with Crippen LogP contribution in [0.1, 0.15) is 41.3 Å². The minimum Gasteiger partial charge on any atom is -0.507 e. The van der Waals surface area contributed by atoms with E-state index in [0.29, 0.717) is 34.9 Å². The zero-order valence-electron chi connectivity index (χ0n) is 16.1. The second kappa shape index (κ2) is 7.67. The zero-order chi connectivity index (χ0) is 20.5. The lowest BCUT2D eigenvalue weighted by molar-refractivity contribution is -0.384. The van der Waals surface area contributed by atoms with E-state index < -0.39 is 4.92 Å². The molecular weight excluding hydrogens is 372 g/mol. The van der Waals surface area contributed by atoms with E-state index in [1.54, 1.807) is 24.3 Å². The van der Waals surface area contributed by atoms with Gasteiger partial charge >= 0.3 is 0 Å². The minimum absolute atomic E-state index is 0.0165. The fourth-order valence-electron chi connectivity index (χ4n) is 3.74. The maximum Gasteiger partial charge on any atom is 0.269 e. The number of nitro groups is 1. The molecule has 0 radical (unpaired) electrons. The van der Waals surface area contributed by atoms with Gasteiger partial charge in [0.2, 0.25) is 5.78 Å². The Morgan fingerprint density at radius 3 is 2.55 bits per heavy atom. The largest absolute Gasteiger partial charge is 0.507 e. The van der Waals surface area contributed by atoms with E-state index in [1.165, 1.54) is 18.2 Å². The van der Waals surface area contributed by atoms with Crippen LogP contribution in [0.5, 0.6) is 11.5 Å². The monoisotopic (exact) mass is 394 g/mol. The predicted molar refractivity (Wildman–Crippen MR) is 108 cm³/mol. The van der Waals surface area contributed by atoms with Crippen LogP contribution < -0.4 is 4.74 Å². The second-order valence-corrected chi connectivity index (χ2v) is 7.69. The van der Waals surface area contributed by atoms with Crippen molar-refractivity contribution in [2.24, 2.45) is 5.92 Å². The van der Waals surface area contributed by atoms with Gasteiger partial charge in [0.25, 0.3) is 5.69 Å². The summed E-state index contributed by atoms with van der Waals surface area (Å²) in [6.07, 6.45) is 3.79. The van der Waals surface area contributed by atoms with Gasteiger partial charge in [0, 0.05) is 18.7 Å². The molecule has 1 fully saturated rings. The Morgan fingerprint density at radius 1 is 1.21 bits per heavy atom. The number of hydrogen-bond donors (Lipinski definition) is 1. The molecule has 2 aliphatic heterocycles. The molecule has 0 saturated carbocycles. The number of non-ortho nitro benzene ring substituents is 1. The number of carbonyl (C=O) groups excluding carboxylic acids is 1. The molecule has 4 rings (SSSR count). The van der Waals surface area contributed by atoms with Crippen molar-refractivity contribution in [1.29, 1.82) is 0 Å². The van der Waals surface area contributed by atoms with Gasteiger partial charge < -0.3 is 9.84 Å². The van der Waals surface area contributed by atoms with Crippen LogP contribution in [0, 0.1) is 16.0 Å². The maximum atomic E-state index is 12.8. The summed E-state index contributed by atoms with van der Waals surface area (Å²) in [5, 5.41) is 21.2. The van der Waals surface area contributed by atoms with Crippen LogP contribution in [0.15, 0.2) is 42.2 Å². The van der Waals surface area contributed by atoms with E-state index in [4.69, 9.17) is 4.74 Å². The Labute approximate surface area is 168 Å². The van der Waals surface area contributed by atoms with Crippen LogP contribution in [-0.4, -0.2) is 33.8 Å². The Kier molecular flexibility index (Phi) is 5.07. The standard InChI is InChI=1S/C22H22N2O5/c1-14-8-10-23(11-9-14)13-18-19(25)7-6-17-21(26)20(29-22(17)18)12-15-2-4-16(5-3-15)24(27)28/h2-7,12,14,25H,8-11,13H2,1H3/b20-12-. The van der Waals surface area contributed by atoms with Gasteiger partial charge in [0.15, 0.2) is 5.76 Å². The molecule has 29 heavy (non-hydrogen) atoms. The third-order valence-electron chi connectivity index (χ3n) is 5.58. The number of rotatable bonds is 4. The van der Waals surface area contributed by atoms with E-state index in [1.807, 2.05) is 0 Å². The van der Waals surface area contributed by atoms with Crippen molar-refractivity contribution < 1.29 is 19.6 Å². The normalized spacial score (nSPS) is 18.7. The molecule has 2 aromatic rings. The molecule has 0 aliphatic carbocycles. The van der Waals surface area contributed by atoms with Crippen molar-refractivity contribution in [1.82, 2.24) is 4.90 Å². The van der Waals surface area contributed by atoms with Crippen molar-refractivity contribution >= 4 is 17.5 Å². The lowest BCUT2D eigenvalue weighted by atomic mass is 9.98. The number of likely N-dealkylation sites (tertiary alicyclic amines) is 1. The number of piperidine rings is 1. The molecule has 2 aromatic carbocycles. The highest BCUT2D eigenvalue weighted by Crippen LogP contribution is 2.40. The Balaban J connectivity index is 1.59. The first-order valence-corrected chi connectivity index (χ1v) is 9.68. The van der Waals surface area contributed by atoms with Crippen molar-refractivity contribution in [3.63, 3.8) is 0 Å². The summed E-state index contributed by atoms with van der Waals surface area (Å²) in [4.78, 5) is 25.4. The lowest BCUT2D eigenvalue weighted by Crippen LogP contribution is -2.32. The van der Waals surface area contributed by atoms with Gasteiger partial charge in [-0.2, -0.15) is 0 Å². The molecule has 0 unspecified atom stereocenters. The van der Waals surface area contributed by atoms with Gasteiger partial charge in [-0.3, -0.25) is 19.8 Å². The molecule has 150 valence electrons. The molecular formula is C22H22N2O5. The summed E-state index contributed by atoms with van der Waals surface area (Å²) in [5.74, 6) is 1.11. The molecule has 2 aliphatic rings. The first-order chi connectivity index (χ1) is 13.9. The molecule has 7 nitrogen and oxygen atoms in total. The number of Topliss-reactive ketones (excluding diaryl/α,β-unsaturated/α-hetero) is 1. The fourth-order valence-corrected chi connectivity index (χ4v) is 3.74. The van der Waals surface area contributed by atoms with Gasteiger partial charge in [0.05, 0.1) is 16.1 Å². The number of phenols is 1. The summed E-state index contributed by atoms with van der Waals surface area (Å²) in [7, 11) is 0. The van der Waals surface area contributed by atoms with Crippen molar-refractivity contribution in [3.05, 3.63) is 69.0 Å². The number of nitro benzene ring substituents is 1. The molecule has 2 heterocycles. The van der Waals surface area contributed by atoms with E-state index in [-0.39, 0.29) is 23.0 Å². The van der Waals surface area contributed by atoms with Crippen molar-refractivity contribution in [2.45, 2.75) is 26.3 Å². The number of benzene rings is 2. The predicted octanol–water partition coefficient (Wildman–Crippen LogP) is 4.15. The summed E-state index contributed by atoms with van der Waals surface area (Å²) in [6.45, 7) is 4.67. The maximum absolute atomic E-state index is 12.8. The quantitative estimate of drug-likeness (QED) is 0.476. The Bertz CT molecular complexity index is 989. The highest BCUT2D eigenvalue weighted by molar-refractivity contribution is 6.15. The third-order valence-corrected chi connectivity index (χ3v) is 5.58. The number of carbonyl (C=O) groups is 1. The number of phenolic OH excluding ortho intramolecular Hbond substituents is 1. The molecule has 0 spiro atoms. The zero-order valence-corrected chi connectivity index (χ0v) is 16.1. The van der Waals surface area contributed by atoms with Crippen molar-refractivity contribution in [2.75, 3.05) is 13.1 Å². The molecule has 0 bridgehead atoms. The Hall–Kier alpha value is -3.19. The molecule has 1 saturated heterocycles. The number of nitrogens with zero attached hydrogens (tertiary/aromatic N) is 2. The number of allylic oxidation sites excluding steroid dienone is 1. The molecule has 7 heteroatoms. The first kappa shape index (κ1) is 19.1. The summed E-state index contributed by atoms with van der Waals surface area (Å²) < 4.78 is 5.87. The summed E-state index contributed by atoms with van der Waals surface area (Å²) in [6, 6.07) is 9.01. The molecule has 0 amide bonds. The van der Waals surface area contributed by atoms with E-state index in [9.17, 15) is 20.0 Å². The van der Waals surface area contributed by atoms with Crippen LogP contribution >= 0.6 is 0 Å². The van der Waals surface area contributed by atoms with Gasteiger partial charge in [-0.05, 0) is 67.8 Å². The second-order valence-electron chi connectivity index (χ2n) is 7.69. The topological polar surface area (TPSA) is 92.9 Å². The third kappa shape index (κ3) is 3.86. The average Bonchev–Trinajstić information content (AvgIpc) is 3.02. The highest BCUT2D eigenvalue weighted by atomic mass is 16.6. The van der Waals surface area contributed by atoms with Crippen LogP contribution in [0.25, 0.3) is 6.08 Å². The van der Waals surface area contributed by atoms with Crippen molar-refractivity contribution in [3.8, 4) is 11.5 Å². The summed E-state index contributed by atoms with van der Waals surface area (Å²) >= 11 is 0. The van der Waals surface area contributed by atoms with E-state index in [0.717, 1.165) is 25.9 Å². The van der Waals surface area contributed by atoms with Crippen LogP contribution in [0.2, 0.25) is 0 Å². The van der Waals surface area contributed by atoms with E-state index >= 15 is 0 Å². The van der Waals surface area contributed by atoms with Gasteiger partial charge in [-0.15, -0.1) is 0 Å². The van der Waals surface area contributed by atoms with Gasteiger partial charge in [-0.1, -0.05) is 6.92 Å². The first-order valence-electron chi connectivity index (χ1n) is 9.68. The number of fused-ring (bicyclic) bond motifs is 1. The smallest absolute Gasteiger partial charge is 0.269 e. The SMILES string of the molecule is CC1CCN(Cc2c(O)ccc3c2O/C(=C\c2ccc([N+](=O)[O-])cc2)C3=O)CC1. The number of aromatic hydroxyl groups is 1. The number of ketones is 1. The summed E-state index contributed by atoms with van der Waals surface area (Å²) in [5.41, 5.74) is 1.66. The van der Waals surface area contributed by atoms with E-state index in [2.05, 4.69) is 11.8 Å². The van der Waals surface area contributed by atoms with Crippen LogP contribution in [0.3, 0.4) is 0 Å². The Morgan fingerprint density at radius 2 is 1.90 bits per heavy atom. The lowest BCUT2D eigenvalue weighted by Gasteiger charge is -2.30. The minimum atomic E-state index is -0.472. The van der Waals surface area contributed by atoms with Gasteiger partial charge in [-0.25, -0.2) is 0 Å². The molecule has 0 atom stereocenters. The highest BCUT2D eigenvalue weighted by Gasteiger charge is 2.32. The molecule has 1 N–H and O–H groups in total. The van der Waals surface area contributed by atoms with Crippen LogP contribution in [0.4, 0.5) is 5.69 Å².